The number of benzene rings is 2. The summed E-state index contributed by atoms with van der Waals surface area (Å²) in [4.78, 5) is 29.4. The van der Waals surface area contributed by atoms with Crippen LogP contribution in [0.5, 0.6) is 0 Å². The molecule has 0 bridgehead atoms. The molecule has 1 fully saturated rings. The first kappa shape index (κ1) is 14.7. The van der Waals surface area contributed by atoms with E-state index < -0.39 is 0 Å². The molecule has 1 amide bonds. The summed E-state index contributed by atoms with van der Waals surface area (Å²) in [6, 6.07) is 15.1. The smallest absolute Gasteiger partial charge is 0.323 e. The number of aromatic nitrogens is 2. The normalized spacial score (nSPS) is 20.3. The molecule has 3 aromatic rings. The number of fused-ring (bicyclic) bond motifs is 1. The van der Waals surface area contributed by atoms with Gasteiger partial charge in [-0.2, -0.15) is 0 Å². The van der Waals surface area contributed by atoms with Crippen molar-refractivity contribution in [1.29, 1.82) is 0 Å². The van der Waals surface area contributed by atoms with Crippen LogP contribution < -0.4 is 21.9 Å². The van der Waals surface area contributed by atoms with Gasteiger partial charge in [-0.1, -0.05) is 30.3 Å². The average Bonchev–Trinajstić information content (AvgIpc) is 3.21. The molecule has 7 heteroatoms. The molecule has 4 rings (SSSR count). The first-order valence-corrected chi connectivity index (χ1v) is 7.77. The topological polar surface area (TPSA) is 102 Å². The summed E-state index contributed by atoms with van der Waals surface area (Å²) < 4.78 is 0. The first-order valence-electron chi connectivity index (χ1n) is 7.77. The number of hydrazine groups is 1. The Morgan fingerprint density at radius 3 is 2.67 bits per heavy atom. The molecule has 0 saturated carbocycles. The molecule has 0 spiro atoms. The van der Waals surface area contributed by atoms with E-state index in [0.29, 0.717) is 23.3 Å². The minimum atomic E-state index is -0.262. The maximum Gasteiger partial charge on any atom is 0.323 e. The second-order valence-electron chi connectivity index (χ2n) is 5.85. The van der Waals surface area contributed by atoms with E-state index in [4.69, 9.17) is 0 Å². The van der Waals surface area contributed by atoms with Crippen LogP contribution in [0.25, 0.3) is 11.0 Å². The number of amides is 1. The summed E-state index contributed by atoms with van der Waals surface area (Å²) in [6.07, 6.45) is 0. The standard InChI is InChI=1S/C17H17N5O2/c23-16(12-9-18-22-15(12)10-4-2-1-3-5-10)19-11-6-7-13-14(8-11)21-17(24)20-13/h1-8,12,15,18,22H,9H2,(H,19,23)(H2,20,21,24). The molecule has 1 saturated heterocycles. The third-order valence-electron chi connectivity index (χ3n) is 4.26. The highest BCUT2D eigenvalue weighted by Gasteiger charge is 2.33. The van der Waals surface area contributed by atoms with E-state index in [1.165, 1.54) is 0 Å². The van der Waals surface area contributed by atoms with Crippen LogP contribution in [-0.4, -0.2) is 22.4 Å². The monoisotopic (exact) mass is 323 g/mol. The summed E-state index contributed by atoms with van der Waals surface area (Å²) in [5, 5.41) is 2.93. The molecule has 0 aliphatic carbocycles. The van der Waals surface area contributed by atoms with Gasteiger partial charge in [0.1, 0.15) is 0 Å². The minimum absolute atomic E-state index is 0.0708. The molecule has 122 valence electrons. The number of carbonyl (C=O) groups excluding carboxylic acids is 1. The van der Waals surface area contributed by atoms with Gasteiger partial charge in [-0.25, -0.2) is 10.2 Å². The van der Waals surface area contributed by atoms with Crippen molar-refractivity contribution in [3.05, 3.63) is 64.6 Å². The third-order valence-corrected chi connectivity index (χ3v) is 4.26. The summed E-state index contributed by atoms with van der Waals surface area (Å²) in [6.45, 7) is 0.550. The zero-order chi connectivity index (χ0) is 16.5. The van der Waals surface area contributed by atoms with Gasteiger partial charge in [-0.15, -0.1) is 0 Å². The number of hydrogen-bond donors (Lipinski definition) is 5. The Morgan fingerprint density at radius 2 is 1.83 bits per heavy atom. The Bertz CT molecular complexity index is 931. The van der Waals surface area contributed by atoms with Gasteiger partial charge in [0.05, 0.1) is 23.0 Å². The van der Waals surface area contributed by atoms with E-state index in [0.717, 1.165) is 5.56 Å². The van der Waals surface area contributed by atoms with Crippen molar-refractivity contribution in [3.8, 4) is 0 Å². The van der Waals surface area contributed by atoms with E-state index in [1.807, 2.05) is 30.3 Å². The SMILES string of the molecule is O=C(Nc1ccc2[nH]c(=O)[nH]c2c1)C1CNNC1c1ccccc1. The van der Waals surface area contributed by atoms with Crippen LogP contribution in [0.15, 0.2) is 53.3 Å². The lowest BCUT2D eigenvalue weighted by Crippen LogP contribution is -2.29. The lowest BCUT2D eigenvalue weighted by atomic mass is 9.94. The molecule has 5 N–H and O–H groups in total. The Labute approximate surface area is 137 Å². The number of carbonyl (C=O) groups is 1. The largest absolute Gasteiger partial charge is 0.326 e. The molecule has 2 unspecified atom stereocenters. The second-order valence-corrected chi connectivity index (χ2v) is 5.85. The molecule has 2 aromatic carbocycles. The number of rotatable bonds is 3. The van der Waals surface area contributed by atoms with Crippen molar-refractivity contribution in [3.63, 3.8) is 0 Å². The lowest BCUT2D eigenvalue weighted by Gasteiger charge is -2.18. The van der Waals surface area contributed by atoms with E-state index in [2.05, 4.69) is 26.1 Å². The van der Waals surface area contributed by atoms with Crippen LogP contribution >= 0.6 is 0 Å². The van der Waals surface area contributed by atoms with Gasteiger partial charge < -0.3 is 15.3 Å². The molecule has 24 heavy (non-hydrogen) atoms. The van der Waals surface area contributed by atoms with Gasteiger partial charge in [0.25, 0.3) is 0 Å². The van der Waals surface area contributed by atoms with Crippen LogP contribution in [-0.2, 0) is 4.79 Å². The number of aromatic amines is 2. The van der Waals surface area contributed by atoms with Crippen molar-refractivity contribution in [1.82, 2.24) is 20.8 Å². The number of imidazole rings is 1. The van der Waals surface area contributed by atoms with Crippen molar-refractivity contribution >= 4 is 22.6 Å². The molecule has 2 heterocycles. The number of nitrogens with one attached hydrogen (secondary N) is 5. The van der Waals surface area contributed by atoms with Crippen LogP contribution in [0, 0.1) is 5.92 Å². The zero-order valence-corrected chi connectivity index (χ0v) is 12.8. The summed E-state index contributed by atoms with van der Waals surface area (Å²) in [7, 11) is 0. The molecule has 1 aromatic heterocycles. The maximum absolute atomic E-state index is 12.7. The summed E-state index contributed by atoms with van der Waals surface area (Å²) in [5.74, 6) is -0.299. The van der Waals surface area contributed by atoms with Gasteiger partial charge in [0, 0.05) is 12.2 Å². The van der Waals surface area contributed by atoms with Gasteiger partial charge in [-0.3, -0.25) is 10.2 Å². The predicted molar refractivity (Wildman–Crippen MR) is 91.4 cm³/mol. The van der Waals surface area contributed by atoms with E-state index in [9.17, 15) is 9.59 Å². The van der Waals surface area contributed by atoms with Crippen LogP contribution in [0.2, 0.25) is 0 Å². The Hall–Kier alpha value is -2.90. The van der Waals surface area contributed by atoms with Gasteiger partial charge in [0.15, 0.2) is 0 Å². The molecule has 0 radical (unpaired) electrons. The molecule has 2 atom stereocenters. The Kier molecular flexibility index (Phi) is 3.64. The Morgan fingerprint density at radius 1 is 1.04 bits per heavy atom. The van der Waals surface area contributed by atoms with E-state index in [-0.39, 0.29) is 23.6 Å². The summed E-state index contributed by atoms with van der Waals surface area (Å²) >= 11 is 0. The van der Waals surface area contributed by atoms with Crippen molar-refractivity contribution in [2.75, 3.05) is 11.9 Å². The molecular weight excluding hydrogens is 306 g/mol. The quantitative estimate of drug-likeness (QED) is 0.501. The fourth-order valence-corrected chi connectivity index (χ4v) is 3.06. The van der Waals surface area contributed by atoms with E-state index in [1.54, 1.807) is 18.2 Å². The third kappa shape index (κ3) is 2.70. The zero-order valence-electron chi connectivity index (χ0n) is 12.8. The average molecular weight is 323 g/mol. The predicted octanol–water partition coefficient (Wildman–Crippen LogP) is 1.26. The van der Waals surface area contributed by atoms with Crippen molar-refractivity contribution in [2.45, 2.75) is 6.04 Å². The number of H-pyrrole nitrogens is 2. The molecule has 1 aliphatic heterocycles. The number of hydrogen-bond acceptors (Lipinski definition) is 4. The first-order chi connectivity index (χ1) is 11.7. The number of anilines is 1. The fraction of sp³-hybridized carbons (Fsp3) is 0.176. The van der Waals surface area contributed by atoms with Crippen LogP contribution in [0.1, 0.15) is 11.6 Å². The van der Waals surface area contributed by atoms with Crippen molar-refractivity contribution in [2.24, 2.45) is 5.92 Å². The lowest BCUT2D eigenvalue weighted by molar-refractivity contribution is -0.119. The molecular formula is C17H17N5O2. The highest BCUT2D eigenvalue weighted by molar-refractivity contribution is 5.95. The molecule has 1 aliphatic rings. The van der Waals surface area contributed by atoms with Crippen molar-refractivity contribution < 1.29 is 4.79 Å². The fourth-order valence-electron chi connectivity index (χ4n) is 3.06. The van der Waals surface area contributed by atoms with Gasteiger partial charge >= 0.3 is 5.69 Å². The highest BCUT2D eigenvalue weighted by atomic mass is 16.2. The Balaban J connectivity index is 1.55. The van der Waals surface area contributed by atoms with Gasteiger partial charge in [0.2, 0.25) is 5.91 Å². The second kappa shape index (κ2) is 5.95. The molecule has 7 nitrogen and oxygen atoms in total. The highest BCUT2D eigenvalue weighted by Crippen LogP contribution is 2.26. The van der Waals surface area contributed by atoms with Gasteiger partial charge in [-0.05, 0) is 23.8 Å². The van der Waals surface area contributed by atoms with E-state index >= 15 is 0 Å². The van der Waals surface area contributed by atoms with Crippen LogP contribution in [0.4, 0.5) is 5.69 Å². The van der Waals surface area contributed by atoms with Crippen LogP contribution in [0.3, 0.4) is 0 Å². The maximum atomic E-state index is 12.7. The summed E-state index contributed by atoms with van der Waals surface area (Å²) in [5.41, 5.74) is 9.05. The minimum Gasteiger partial charge on any atom is -0.326 e.